The second-order valence-corrected chi connectivity index (χ2v) is 8.07. The molecule has 1 unspecified atom stereocenters. The lowest BCUT2D eigenvalue weighted by atomic mass is 9.99. The van der Waals surface area contributed by atoms with Crippen LogP contribution in [0.1, 0.15) is 38.1 Å². The van der Waals surface area contributed by atoms with Crippen LogP contribution in [-0.2, 0) is 6.54 Å². The number of nitrogens with zero attached hydrogens (tertiary/aromatic N) is 2. The van der Waals surface area contributed by atoms with Crippen LogP contribution < -0.4 is 9.47 Å². The molecule has 2 heterocycles. The minimum Gasteiger partial charge on any atom is -0.497 e. The number of aliphatic hydroxyl groups excluding tert-OH is 1. The maximum atomic E-state index is 13.6. The smallest absolute Gasteiger partial charge is 0.344 e. The molecular weight excluding hydrogens is 465 g/mol. The average Bonchev–Trinajstić information content (AvgIpc) is 3.40. The van der Waals surface area contributed by atoms with Crippen LogP contribution in [0.2, 0.25) is 5.02 Å². The number of hydrogen-bond acceptors (Lipinski definition) is 6. The summed E-state index contributed by atoms with van der Waals surface area (Å²) in [7, 11) is 1.55. The SMILES string of the molecule is COc1ccc(CN2C(=O)c3c(c(C(=O)Oc4cc(F)ccc4Cl)cc4cn[nH]c34)C2O)cc1. The number of nitrogens with one attached hydrogen (secondary N) is 1. The molecule has 10 heteroatoms. The molecule has 1 atom stereocenters. The molecule has 5 rings (SSSR count). The number of fused-ring (bicyclic) bond motifs is 3. The van der Waals surface area contributed by atoms with Gasteiger partial charge in [0.15, 0.2) is 12.0 Å². The summed E-state index contributed by atoms with van der Waals surface area (Å²) < 4.78 is 24.1. The van der Waals surface area contributed by atoms with Gasteiger partial charge in [0.2, 0.25) is 0 Å². The van der Waals surface area contributed by atoms with Gasteiger partial charge in [-0.05, 0) is 35.9 Å². The number of amides is 1. The number of carbonyl (C=O) groups excluding carboxylic acids is 2. The Kier molecular flexibility index (Phi) is 5.43. The lowest BCUT2D eigenvalue weighted by Crippen LogP contribution is -2.27. The van der Waals surface area contributed by atoms with Crippen molar-refractivity contribution in [2.24, 2.45) is 0 Å². The zero-order valence-electron chi connectivity index (χ0n) is 17.7. The van der Waals surface area contributed by atoms with Gasteiger partial charge in [0.05, 0.1) is 35.0 Å². The second-order valence-electron chi connectivity index (χ2n) is 7.67. The third-order valence-corrected chi connectivity index (χ3v) is 5.95. The van der Waals surface area contributed by atoms with Crippen molar-refractivity contribution in [3.63, 3.8) is 0 Å². The lowest BCUT2D eigenvalue weighted by Gasteiger charge is -2.21. The van der Waals surface area contributed by atoms with E-state index in [2.05, 4.69) is 10.2 Å². The number of aliphatic hydroxyl groups is 1. The van der Waals surface area contributed by atoms with E-state index in [1.165, 1.54) is 23.2 Å². The van der Waals surface area contributed by atoms with Gasteiger partial charge in [0.1, 0.15) is 11.6 Å². The summed E-state index contributed by atoms with van der Waals surface area (Å²) in [5.74, 6) is -1.54. The minimum absolute atomic E-state index is 0.0357. The number of benzene rings is 3. The first kappa shape index (κ1) is 21.9. The fourth-order valence-electron chi connectivity index (χ4n) is 3.97. The molecule has 0 spiro atoms. The molecule has 0 saturated heterocycles. The van der Waals surface area contributed by atoms with E-state index in [1.807, 2.05) is 0 Å². The molecule has 172 valence electrons. The van der Waals surface area contributed by atoms with Crippen LogP contribution in [-0.4, -0.2) is 39.2 Å². The van der Waals surface area contributed by atoms with E-state index < -0.39 is 23.9 Å². The molecule has 2 N–H and O–H groups in total. The fourth-order valence-corrected chi connectivity index (χ4v) is 4.13. The van der Waals surface area contributed by atoms with Crippen LogP contribution in [0.4, 0.5) is 4.39 Å². The average molecular weight is 482 g/mol. The van der Waals surface area contributed by atoms with Crippen LogP contribution in [0.25, 0.3) is 10.9 Å². The van der Waals surface area contributed by atoms with Crippen molar-refractivity contribution in [1.82, 2.24) is 15.1 Å². The molecule has 4 aromatic rings. The van der Waals surface area contributed by atoms with Crippen LogP contribution in [0.5, 0.6) is 11.5 Å². The number of esters is 1. The van der Waals surface area contributed by atoms with Gasteiger partial charge in [0, 0.05) is 23.6 Å². The number of H-pyrrole nitrogens is 1. The summed E-state index contributed by atoms with van der Waals surface area (Å²) in [4.78, 5) is 27.7. The molecule has 0 saturated carbocycles. The van der Waals surface area contributed by atoms with E-state index >= 15 is 0 Å². The van der Waals surface area contributed by atoms with Crippen LogP contribution in [0.15, 0.2) is 54.7 Å². The molecule has 8 nitrogen and oxygen atoms in total. The second kappa shape index (κ2) is 8.44. The van der Waals surface area contributed by atoms with Crippen molar-refractivity contribution in [3.05, 3.63) is 87.8 Å². The van der Waals surface area contributed by atoms with Gasteiger partial charge in [-0.25, -0.2) is 9.18 Å². The van der Waals surface area contributed by atoms with Crippen LogP contribution in [0, 0.1) is 5.82 Å². The standard InChI is InChI=1S/C24H17ClFN3O5/c1-33-15-5-2-12(3-6-15)11-29-22(30)19-16(8-13-10-27-28-21(13)20(19)23(29)31)24(32)34-18-9-14(26)4-7-17(18)25/h2-10,22,30H,11H2,1H3,(H,27,28). The summed E-state index contributed by atoms with van der Waals surface area (Å²) in [6, 6.07) is 11.9. The highest BCUT2D eigenvalue weighted by molar-refractivity contribution is 6.32. The highest BCUT2D eigenvalue weighted by Crippen LogP contribution is 2.40. The van der Waals surface area contributed by atoms with E-state index in [0.717, 1.165) is 17.7 Å². The molecule has 0 aliphatic carbocycles. The fraction of sp³-hybridized carbons (Fsp3) is 0.125. The maximum absolute atomic E-state index is 13.6. The number of ether oxygens (including phenoxy) is 2. The molecule has 0 fully saturated rings. The van der Waals surface area contributed by atoms with Crippen LogP contribution in [0.3, 0.4) is 0 Å². The molecule has 0 bridgehead atoms. The number of halogens is 2. The predicted octanol–water partition coefficient (Wildman–Crippen LogP) is 4.23. The number of carbonyl (C=O) groups is 2. The summed E-state index contributed by atoms with van der Waals surface area (Å²) >= 11 is 6.03. The summed E-state index contributed by atoms with van der Waals surface area (Å²) in [5.41, 5.74) is 1.28. The number of rotatable bonds is 5. The summed E-state index contributed by atoms with van der Waals surface area (Å²) in [5, 5.41) is 18.3. The van der Waals surface area contributed by atoms with E-state index in [0.29, 0.717) is 16.7 Å². The zero-order valence-corrected chi connectivity index (χ0v) is 18.5. The Morgan fingerprint density at radius 1 is 1.24 bits per heavy atom. The Balaban J connectivity index is 1.55. The maximum Gasteiger partial charge on any atom is 0.344 e. The molecule has 1 aliphatic rings. The molecule has 1 amide bonds. The van der Waals surface area contributed by atoms with Crippen molar-refractivity contribution in [2.75, 3.05) is 7.11 Å². The van der Waals surface area contributed by atoms with Gasteiger partial charge in [-0.1, -0.05) is 23.7 Å². The highest BCUT2D eigenvalue weighted by atomic mass is 35.5. The van der Waals surface area contributed by atoms with Gasteiger partial charge in [-0.15, -0.1) is 0 Å². The van der Waals surface area contributed by atoms with Crippen molar-refractivity contribution in [3.8, 4) is 11.5 Å². The number of methoxy groups -OCH3 is 1. The third kappa shape index (κ3) is 3.64. The largest absolute Gasteiger partial charge is 0.497 e. The number of aromatic nitrogens is 2. The molecule has 3 aromatic carbocycles. The van der Waals surface area contributed by atoms with Gasteiger partial charge >= 0.3 is 5.97 Å². The van der Waals surface area contributed by atoms with E-state index in [1.54, 1.807) is 31.4 Å². The molecule has 34 heavy (non-hydrogen) atoms. The minimum atomic E-state index is -1.43. The van der Waals surface area contributed by atoms with Gasteiger partial charge in [-0.3, -0.25) is 9.89 Å². The highest BCUT2D eigenvalue weighted by Gasteiger charge is 2.41. The van der Waals surface area contributed by atoms with Crippen molar-refractivity contribution in [1.29, 1.82) is 0 Å². The monoisotopic (exact) mass is 481 g/mol. The van der Waals surface area contributed by atoms with E-state index in [9.17, 15) is 19.1 Å². The Bertz CT molecular complexity index is 1440. The number of hydrogen-bond donors (Lipinski definition) is 2. The Hall–Kier alpha value is -3.95. The molecular formula is C24H17ClFN3O5. The van der Waals surface area contributed by atoms with Gasteiger partial charge in [-0.2, -0.15) is 5.10 Å². The topological polar surface area (TPSA) is 105 Å². The molecule has 1 aromatic heterocycles. The van der Waals surface area contributed by atoms with Gasteiger partial charge in [0.25, 0.3) is 5.91 Å². The van der Waals surface area contributed by atoms with E-state index in [-0.39, 0.29) is 34.0 Å². The first-order valence-corrected chi connectivity index (χ1v) is 10.5. The van der Waals surface area contributed by atoms with Crippen molar-refractivity contribution >= 4 is 34.4 Å². The predicted molar refractivity (Wildman–Crippen MR) is 120 cm³/mol. The normalized spacial score (nSPS) is 15.0. The first-order chi connectivity index (χ1) is 16.4. The Labute approximate surface area is 197 Å². The van der Waals surface area contributed by atoms with Crippen molar-refractivity contribution < 1.29 is 28.6 Å². The van der Waals surface area contributed by atoms with Gasteiger partial charge < -0.3 is 19.5 Å². The quantitative estimate of drug-likeness (QED) is 0.326. The molecule has 1 aliphatic heterocycles. The Morgan fingerprint density at radius 2 is 2.00 bits per heavy atom. The van der Waals surface area contributed by atoms with Crippen LogP contribution >= 0.6 is 11.6 Å². The van der Waals surface area contributed by atoms with Crippen molar-refractivity contribution in [2.45, 2.75) is 12.8 Å². The number of aromatic amines is 1. The lowest BCUT2D eigenvalue weighted by molar-refractivity contribution is 0.0130. The zero-order chi connectivity index (χ0) is 24.0. The van der Waals surface area contributed by atoms with E-state index in [4.69, 9.17) is 21.1 Å². The third-order valence-electron chi connectivity index (χ3n) is 5.63. The summed E-state index contributed by atoms with van der Waals surface area (Å²) in [6.45, 7) is 0.0819. The Morgan fingerprint density at radius 3 is 2.74 bits per heavy atom. The summed E-state index contributed by atoms with van der Waals surface area (Å²) in [6.07, 6.45) is 0.0238. The first-order valence-electron chi connectivity index (χ1n) is 10.2. The molecule has 0 radical (unpaired) electrons.